The molecule has 0 aromatic heterocycles. The highest BCUT2D eigenvalue weighted by Gasteiger charge is 2.47. The maximum Gasteiger partial charge on any atom is 0.187 e. The van der Waals surface area contributed by atoms with E-state index in [2.05, 4.69) is 0 Å². The summed E-state index contributed by atoms with van der Waals surface area (Å²) in [4.78, 5) is 0. The van der Waals surface area contributed by atoms with Gasteiger partial charge in [0, 0.05) is 0 Å². The first kappa shape index (κ1) is 22.4. The zero-order valence-electron chi connectivity index (χ0n) is 16.2. The Bertz CT molecular complexity index is 568. The average molecular weight is 388 g/mol. The lowest BCUT2D eigenvalue weighted by Crippen LogP contribution is -2.60. The molecule has 156 valence electrons. The number of hydrogen-bond acceptors (Lipinski definition) is 8. The fourth-order valence-electron chi connectivity index (χ4n) is 3.76. The van der Waals surface area contributed by atoms with Crippen LogP contribution in [-0.2, 0) is 9.47 Å². The van der Waals surface area contributed by atoms with Gasteiger partial charge in [0.2, 0.25) is 0 Å². The van der Waals surface area contributed by atoms with Crippen molar-refractivity contribution in [3.8, 4) is 0 Å². The molecule has 1 fully saturated rings. The summed E-state index contributed by atoms with van der Waals surface area (Å²) in [6.45, 7) is 6.83. The molecule has 0 spiro atoms. The van der Waals surface area contributed by atoms with Crippen LogP contribution in [0, 0.1) is 5.41 Å². The Morgan fingerprint density at radius 2 is 1.81 bits per heavy atom. The summed E-state index contributed by atoms with van der Waals surface area (Å²) in [5.74, 6) is 0. The van der Waals surface area contributed by atoms with Gasteiger partial charge < -0.3 is 40.1 Å². The molecule has 0 amide bonds. The second-order valence-electron chi connectivity index (χ2n) is 8.10. The van der Waals surface area contributed by atoms with Crippen molar-refractivity contribution in [1.82, 2.24) is 0 Å². The van der Waals surface area contributed by atoms with Crippen molar-refractivity contribution in [2.75, 3.05) is 6.61 Å². The molecule has 0 unspecified atom stereocenters. The zero-order chi connectivity index (χ0) is 20.5. The number of aliphatic hydroxyl groups is 6. The summed E-state index contributed by atoms with van der Waals surface area (Å²) in [7, 11) is 0. The van der Waals surface area contributed by atoms with Crippen LogP contribution < -0.4 is 0 Å². The molecule has 0 radical (unpaired) electrons. The maximum atomic E-state index is 10.7. The molecular formula is C19H32O8. The van der Waals surface area contributed by atoms with Crippen LogP contribution in [0.4, 0.5) is 0 Å². The lowest BCUT2D eigenvalue weighted by Gasteiger charge is -2.45. The van der Waals surface area contributed by atoms with Gasteiger partial charge in [-0.3, -0.25) is 0 Å². The molecule has 0 saturated carbocycles. The third kappa shape index (κ3) is 4.78. The topological polar surface area (TPSA) is 140 Å². The minimum absolute atomic E-state index is 0.381. The quantitative estimate of drug-likeness (QED) is 0.360. The molecule has 27 heavy (non-hydrogen) atoms. The van der Waals surface area contributed by atoms with Gasteiger partial charge in [-0.15, -0.1) is 0 Å². The van der Waals surface area contributed by atoms with Crippen molar-refractivity contribution in [2.24, 2.45) is 5.41 Å². The van der Waals surface area contributed by atoms with Gasteiger partial charge in [-0.2, -0.15) is 0 Å². The Hall–Kier alpha value is -0.840. The van der Waals surface area contributed by atoms with E-state index in [1.807, 2.05) is 13.8 Å². The minimum atomic E-state index is -1.53. The highest BCUT2D eigenvalue weighted by molar-refractivity contribution is 5.36. The lowest BCUT2D eigenvalue weighted by molar-refractivity contribution is -0.318. The summed E-state index contributed by atoms with van der Waals surface area (Å²) in [6, 6.07) is 0. The molecule has 1 heterocycles. The van der Waals surface area contributed by atoms with E-state index in [0.717, 1.165) is 5.57 Å². The van der Waals surface area contributed by atoms with Crippen LogP contribution in [0.2, 0.25) is 0 Å². The first-order valence-electron chi connectivity index (χ1n) is 9.21. The molecular weight excluding hydrogens is 356 g/mol. The molecule has 0 bridgehead atoms. The van der Waals surface area contributed by atoms with Gasteiger partial charge >= 0.3 is 0 Å². The van der Waals surface area contributed by atoms with Gasteiger partial charge in [0.05, 0.1) is 18.8 Å². The number of aliphatic hydroxyl groups excluding tert-OH is 6. The minimum Gasteiger partial charge on any atom is -0.394 e. The Kier molecular flexibility index (Phi) is 7.21. The summed E-state index contributed by atoms with van der Waals surface area (Å²) in [5, 5.41) is 59.4. The Labute approximate surface area is 159 Å². The molecule has 0 aromatic rings. The molecule has 2 aliphatic rings. The van der Waals surface area contributed by atoms with Crippen molar-refractivity contribution < 1.29 is 40.1 Å². The predicted molar refractivity (Wildman–Crippen MR) is 96.6 cm³/mol. The molecule has 1 saturated heterocycles. The van der Waals surface area contributed by atoms with Crippen LogP contribution in [0.5, 0.6) is 0 Å². The molecule has 8 nitrogen and oxygen atoms in total. The van der Waals surface area contributed by atoms with Crippen LogP contribution in [0.3, 0.4) is 0 Å². The Balaban J connectivity index is 2.21. The largest absolute Gasteiger partial charge is 0.394 e. The number of rotatable bonds is 5. The van der Waals surface area contributed by atoms with Crippen LogP contribution in [0.25, 0.3) is 0 Å². The van der Waals surface area contributed by atoms with E-state index in [0.29, 0.717) is 12.0 Å². The van der Waals surface area contributed by atoms with Crippen molar-refractivity contribution in [3.05, 3.63) is 23.3 Å². The standard InChI is InChI=1S/C19H32O8/c1-9(21)5-6-11-10(2)14(22)12(7-19(11,3)4)26-18-17(25)16(24)15(23)13(8-20)27-18/h5-6,9,12-18,20-25H,7-8H2,1-4H3/b6-5+/t9-,12-,13+,14+,15+,16-,17+,18+/m0/s1. The summed E-state index contributed by atoms with van der Waals surface area (Å²) < 4.78 is 11.2. The second kappa shape index (κ2) is 8.67. The monoisotopic (exact) mass is 388 g/mol. The first-order valence-corrected chi connectivity index (χ1v) is 9.21. The molecule has 8 heteroatoms. The molecule has 0 aromatic carbocycles. The fraction of sp³-hybridized carbons (Fsp3) is 0.789. The average Bonchev–Trinajstić information content (AvgIpc) is 2.59. The third-order valence-corrected chi connectivity index (χ3v) is 5.36. The van der Waals surface area contributed by atoms with E-state index in [9.17, 15) is 30.6 Å². The fourth-order valence-corrected chi connectivity index (χ4v) is 3.76. The van der Waals surface area contributed by atoms with E-state index < -0.39 is 55.6 Å². The highest BCUT2D eigenvalue weighted by Crippen LogP contribution is 2.43. The summed E-state index contributed by atoms with van der Waals surface area (Å²) in [5.41, 5.74) is 1.19. The molecule has 1 aliphatic carbocycles. The van der Waals surface area contributed by atoms with E-state index in [-0.39, 0.29) is 5.41 Å². The highest BCUT2D eigenvalue weighted by atomic mass is 16.7. The zero-order valence-corrected chi connectivity index (χ0v) is 16.2. The molecule has 1 aliphatic heterocycles. The number of hydrogen-bond donors (Lipinski definition) is 6. The summed E-state index contributed by atoms with van der Waals surface area (Å²) >= 11 is 0. The van der Waals surface area contributed by atoms with E-state index in [1.165, 1.54) is 0 Å². The second-order valence-corrected chi connectivity index (χ2v) is 8.10. The molecule has 2 rings (SSSR count). The maximum absolute atomic E-state index is 10.7. The van der Waals surface area contributed by atoms with Gasteiger partial charge in [0.1, 0.15) is 30.5 Å². The Morgan fingerprint density at radius 1 is 1.19 bits per heavy atom. The number of ether oxygens (including phenoxy) is 2. The van der Waals surface area contributed by atoms with Crippen molar-refractivity contribution in [2.45, 2.75) is 83.1 Å². The molecule has 6 N–H and O–H groups in total. The predicted octanol–water partition coefficient (Wildman–Crippen LogP) is -0.784. The van der Waals surface area contributed by atoms with E-state index in [1.54, 1.807) is 26.0 Å². The van der Waals surface area contributed by atoms with Crippen molar-refractivity contribution in [3.63, 3.8) is 0 Å². The Morgan fingerprint density at radius 3 is 2.37 bits per heavy atom. The lowest BCUT2D eigenvalue weighted by atomic mass is 9.70. The molecule has 8 atom stereocenters. The van der Waals surface area contributed by atoms with Crippen LogP contribution in [0.15, 0.2) is 23.3 Å². The van der Waals surface area contributed by atoms with Crippen LogP contribution in [-0.4, -0.2) is 86.3 Å². The van der Waals surface area contributed by atoms with Gasteiger partial charge in [0.25, 0.3) is 0 Å². The smallest absolute Gasteiger partial charge is 0.187 e. The van der Waals surface area contributed by atoms with Crippen molar-refractivity contribution >= 4 is 0 Å². The van der Waals surface area contributed by atoms with E-state index in [4.69, 9.17) is 9.47 Å². The first-order chi connectivity index (χ1) is 12.5. The van der Waals surface area contributed by atoms with Gasteiger partial charge in [-0.25, -0.2) is 0 Å². The van der Waals surface area contributed by atoms with E-state index >= 15 is 0 Å². The van der Waals surface area contributed by atoms with Gasteiger partial charge in [0.15, 0.2) is 6.29 Å². The summed E-state index contributed by atoms with van der Waals surface area (Å²) in [6.07, 6.45) is -5.32. The SMILES string of the molecule is CC1=C(/C=C/[C@H](C)O)C(C)(C)C[C@H](O[C@@H]2O[C@H](CO)[C@@H](O)[C@H](O)[C@H]2O)[C@@H]1O. The third-order valence-electron chi connectivity index (χ3n) is 5.36. The van der Waals surface area contributed by atoms with Crippen LogP contribution in [0.1, 0.15) is 34.1 Å². The normalized spacial score (nSPS) is 41.2. The van der Waals surface area contributed by atoms with Gasteiger partial charge in [-0.05, 0) is 36.8 Å². The van der Waals surface area contributed by atoms with Gasteiger partial charge in [-0.1, -0.05) is 26.0 Å². The van der Waals surface area contributed by atoms with Crippen LogP contribution >= 0.6 is 0 Å². The van der Waals surface area contributed by atoms with Crippen molar-refractivity contribution in [1.29, 1.82) is 0 Å². The number of allylic oxidation sites excluding steroid dienone is 2.